The molecule has 0 aliphatic carbocycles. The monoisotopic (exact) mass is 322 g/mol. The van der Waals surface area contributed by atoms with E-state index in [1.54, 1.807) is 6.20 Å². The molecule has 1 aromatic heterocycles. The molecule has 2 unspecified atom stereocenters. The number of imidazole rings is 1. The van der Waals surface area contributed by atoms with Crippen molar-refractivity contribution < 1.29 is 9.90 Å². The molecule has 0 radical (unpaired) electrons. The van der Waals surface area contributed by atoms with Crippen LogP contribution in [0.3, 0.4) is 0 Å². The molecule has 2 atom stereocenters. The average Bonchev–Trinajstić information content (AvgIpc) is 3.00. The molecule has 1 saturated heterocycles. The molecule has 23 heavy (non-hydrogen) atoms. The molecule has 2 amide bonds. The maximum atomic E-state index is 12.3. The van der Waals surface area contributed by atoms with Gasteiger partial charge in [0.25, 0.3) is 0 Å². The van der Waals surface area contributed by atoms with Gasteiger partial charge < -0.3 is 19.9 Å². The van der Waals surface area contributed by atoms with E-state index >= 15 is 0 Å². The fourth-order valence-corrected chi connectivity index (χ4v) is 3.18. The molecule has 0 aromatic carbocycles. The van der Waals surface area contributed by atoms with Crippen molar-refractivity contribution in [1.29, 1.82) is 0 Å². The van der Waals surface area contributed by atoms with Gasteiger partial charge in [-0.1, -0.05) is 26.2 Å². The summed E-state index contributed by atoms with van der Waals surface area (Å²) in [5.41, 5.74) is 0. The second-order valence-corrected chi connectivity index (χ2v) is 6.48. The van der Waals surface area contributed by atoms with Crippen molar-refractivity contribution in [3.8, 4) is 0 Å². The number of piperidine rings is 1. The zero-order valence-electron chi connectivity index (χ0n) is 14.4. The Morgan fingerprint density at radius 1 is 1.48 bits per heavy atom. The summed E-state index contributed by atoms with van der Waals surface area (Å²) in [4.78, 5) is 18.3. The predicted octanol–water partition coefficient (Wildman–Crippen LogP) is 2.46. The summed E-state index contributed by atoms with van der Waals surface area (Å²) in [6.07, 6.45) is 9.39. The van der Waals surface area contributed by atoms with Gasteiger partial charge in [-0.05, 0) is 19.3 Å². The van der Waals surface area contributed by atoms with Gasteiger partial charge in [-0.15, -0.1) is 0 Å². The Morgan fingerprint density at radius 2 is 2.30 bits per heavy atom. The molecular formula is C17H30N4O2. The Balaban J connectivity index is 1.81. The van der Waals surface area contributed by atoms with Crippen molar-refractivity contribution in [2.45, 2.75) is 51.6 Å². The number of amides is 2. The summed E-state index contributed by atoms with van der Waals surface area (Å²) in [5, 5.41) is 13.5. The second-order valence-electron chi connectivity index (χ2n) is 6.48. The number of carbonyl (C=O) groups excluding carboxylic acids is 1. The first-order chi connectivity index (χ1) is 11.1. The number of nitrogens with zero attached hydrogens (tertiary/aromatic N) is 3. The van der Waals surface area contributed by atoms with Gasteiger partial charge in [0.1, 0.15) is 11.9 Å². The van der Waals surface area contributed by atoms with Crippen LogP contribution in [0.2, 0.25) is 0 Å². The Bertz CT molecular complexity index is 489. The fraction of sp³-hybridized carbons (Fsp3) is 0.765. The highest BCUT2D eigenvalue weighted by Gasteiger charge is 2.30. The minimum atomic E-state index is -0.616. The molecule has 0 saturated carbocycles. The number of likely N-dealkylation sites (tertiary alicyclic amines) is 1. The van der Waals surface area contributed by atoms with Crippen molar-refractivity contribution in [3.63, 3.8) is 0 Å². The summed E-state index contributed by atoms with van der Waals surface area (Å²) in [6.45, 7) is 4.28. The average molecular weight is 322 g/mol. The molecule has 1 aliphatic heterocycles. The van der Waals surface area contributed by atoms with Crippen molar-refractivity contribution in [1.82, 2.24) is 19.8 Å². The minimum absolute atomic E-state index is 0.00163. The SMILES string of the molecule is CCCCCCNC(=O)N1CCCC(C(O)c2nccn2C)C1. The maximum absolute atomic E-state index is 12.3. The zero-order valence-corrected chi connectivity index (χ0v) is 14.4. The van der Waals surface area contributed by atoms with Crippen LogP contribution in [0.5, 0.6) is 0 Å². The number of aromatic nitrogens is 2. The van der Waals surface area contributed by atoms with Crippen molar-refractivity contribution in [3.05, 3.63) is 18.2 Å². The summed E-state index contributed by atoms with van der Waals surface area (Å²) in [7, 11) is 1.88. The van der Waals surface area contributed by atoms with Gasteiger partial charge in [-0.2, -0.15) is 0 Å². The van der Waals surface area contributed by atoms with E-state index in [4.69, 9.17) is 0 Å². The second kappa shape index (κ2) is 8.91. The van der Waals surface area contributed by atoms with E-state index < -0.39 is 6.10 Å². The zero-order chi connectivity index (χ0) is 16.7. The highest BCUT2D eigenvalue weighted by atomic mass is 16.3. The number of aliphatic hydroxyl groups excluding tert-OH is 1. The standard InChI is InChI=1S/C17H30N4O2/c1-3-4-5-6-9-19-17(23)21-11-7-8-14(13-21)15(22)16-18-10-12-20(16)2/h10,12,14-15,22H,3-9,11,13H2,1-2H3,(H,19,23). The van der Waals surface area contributed by atoms with E-state index in [1.165, 1.54) is 12.8 Å². The molecule has 130 valence electrons. The summed E-state index contributed by atoms with van der Waals surface area (Å²) in [6, 6.07) is -0.00163. The van der Waals surface area contributed by atoms with E-state index in [0.29, 0.717) is 12.4 Å². The Kier molecular flexibility index (Phi) is 6.89. The quantitative estimate of drug-likeness (QED) is 0.758. The lowest BCUT2D eigenvalue weighted by Crippen LogP contribution is -2.47. The summed E-state index contributed by atoms with van der Waals surface area (Å²) < 4.78 is 1.84. The van der Waals surface area contributed by atoms with Gasteiger partial charge >= 0.3 is 6.03 Å². The summed E-state index contributed by atoms with van der Waals surface area (Å²) >= 11 is 0. The first-order valence-corrected chi connectivity index (χ1v) is 8.81. The first kappa shape index (κ1) is 17.8. The van der Waals surface area contributed by atoms with E-state index in [0.717, 1.165) is 38.8 Å². The number of aryl methyl sites for hydroxylation is 1. The largest absolute Gasteiger partial charge is 0.385 e. The summed E-state index contributed by atoms with van der Waals surface area (Å²) in [5.74, 6) is 0.729. The highest BCUT2D eigenvalue weighted by molar-refractivity contribution is 5.74. The lowest BCUT2D eigenvalue weighted by molar-refractivity contribution is 0.0532. The molecule has 0 bridgehead atoms. The van der Waals surface area contributed by atoms with Gasteiger partial charge in [-0.3, -0.25) is 0 Å². The van der Waals surface area contributed by atoms with E-state index in [2.05, 4.69) is 17.2 Å². The maximum Gasteiger partial charge on any atom is 0.317 e. The van der Waals surface area contributed by atoms with Crippen LogP contribution in [0, 0.1) is 5.92 Å². The Labute approximate surface area is 138 Å². The van der Waals surface area contributed by atoms with Gasteiger partial charge in [-0.25, -0.2) is 9.78 Å². The molecule has 0 spiro atoms. The number of aliphatic hydroxyl groups is 1. The topological polar surface area (TPSA) is 70.4 Å². The molecule has 2 N–H and O–H groups in total. The number of rotatable bonds is 7. The first-order valence-electron chi connectivity index (χ1n) is 8.81. The lowest BCUT2D eigenvalue weighted by atomic mass is 9.92. The number of unbranched alkanes of at least 4 members (excludes halogenated alkanes) is 3. The highest BCUT2D eigenvalue weighted by Crippen LogP contribution is 2.28. The number of hydrogen-bond donors (Lipinski definition) is 2. The van der Waals surface area contributed by atoms with Gasteiger partial charge in [0.15, 0.2) is 0 Å². The third-order valence-electron chi connectivity index (χ3n) is 4.62. The number of nitrogens with one attached hydrogen (secondary N) is 1. The van der Waals surface area contributed by atoms with Crippen LogP contribution in [-0.2, 0) is 7.05 Å². The van der Waals surface area contributed by atoms with Crippen LogP contribution in [0.1, 0.15) is 57.4 Å². The lowest BCUT2D eigenvalue weighted by Gasteiger charge is -2.34. The smallest absolute Gasteiger partial charge is 0.317 e. The van der Waals surface area contributed by atoms with E-state index in [1.807, 2.05) is 22.7 Å². The third kappa shape index (κ3) is 4.96. The van der Waals surface area contributed by atoms with E-state index in [-0.39, 0.29) is 11.9 Å². The number of carbonyl (C=O) groups is 1. The molecule has 1 aromatic rings. The van der Waals surface area contributed by atoms with E-state index in [9.17, 15) is 9.90 Å². The van der Waals surface area contributed by atoms with Crippen LogP contribution >= 0.6 is 0 Å². The number of urea groups is 1. The molecule has 6 nitrogen and oxygen atoms in total. The molecule has 6 heteroatoms. The molecular weight excluding hydrogens is 292 g/mol. The van der Waals surface area contributed by atoms with Crippen LogP contribution in [0.4, 0.5) is 4.79 Å². The van der Waals surface area contributed by atoms with Crippen molar-refractivity contribution in [2.24, 2.45) is 13.0 Å². The normalized spacial score (nSPS) is 19.6. The molecule has 2 rings (SSSR count). The van der Waals surface area contributed by atoms with Gasteiger partial charge in [0.2, 0.25) is 0 Å². The predicted molar refractivity (Wildman–Crippen MR) is 90.0 cm³/mol. The Morgan fingerprint density at radius 3 is 3.00 bits per heavy atom. The van der Waals surface area contributed by atoms with Crippen molar-refractivity contribution >= 4 is 6.03 Å². The molecule has 2 heterocycles. The number of hydrogen-bond acceptors (Lipinski definition) is 3. The van der Waals surface area contributed by atoms with Crippen LogP contribution in [-0.4, -0.2) is 45.2 Å². The molecule has 1 aliphatic rings. The van der Waals surface area contributed by atoms with Crippen molar-refractivity contribution in [2.75, 3.05) is 19.6 Å². The Hall–Kier alpha value is -1.56. The minimum Gasteiger partial charge on any atom is -0.385 e. The third-order valence-corrected chi connectivity index (χ3v) is 4.62. The van der Waals surface area contributed by atoms with Gasteiger partial charge in [0, 0.05) is 45.0 Å². The van der Waals surface area contributed by atoms with Crippen LogP contribution in [0.15, 0.2) is 12.4 Å². The van der Waals surface area contributed by atoms with Crippen LogP contribution in [0.25, 0.3) is 0 Å². The van der Waals surface area contributed by atoms with Crippen LogP contribution < -0.4 is 5.32 Å². The fourth-order valence-electron chi connectivity index (χ4n) is 3.18. The van der Waals surface area contributed by atoms with Gasteiger partial charge in [0.05, 0.1) is 0 Å². The molecule has 1 fully saturated rings.